The van der Waals surface area contributed by atoms with Crippen LogP contribution in [0.5, 0.6) is 5.75 Å². The number of nitrogens with zero attached hydrogens (tertiary/aromatic N) is 2. The summed E-state index contributed by atoms with van der Waals surface area (Å²) in [6.45, 7) is 22.2. The summed E-state index contributed by atoms with van der Waals surface area (Å²) in [6.07, 6.45) is 9.58. The smallest absolute Gasteiger partial charge is 0.122 e. The van der Waals surface area contributed by atoms with Gasteiger partial charge in [-0.2, -0.15) is 0 Å². The quantitative estimate of drug-likeness (QED) is 0.194. The Balaban J connectivity index is 0.00000119. The van der Waals surface area contributed by atoms with Gasteiger partial charge in [0.2, 0.25) is 0 Å². The molecule has 0 aliphatic heterocycles. The zero-order valence-corrected chi connectivity index (χ0v) is 23.5. The number of aromatic hydroxyl groups is 1. The lowest BCUT2D eigenvalue weighted by atomic mass is 9.92. The van der Waals surface area contributed by atoms with Crippen molar-refractivity contribution in [3.05, 3.63) is 125 Å². The van der Waals surface area contributed by atoms with Gasteiger partial charge >= 0.3 is 0 Å². The number of rotatable bonds is 7. The van der Waals surface area contributed by atoms with Gasteiger partial charge in [-0.05, 0) is 114 Å². The maximum absolute atomic E-state index is 11.5. The third-order valence-electron chi connectivity index (χ3n) is 5.25. The molecule has 0 aromatic heterocycles. The lowest BCUT2D eigenvalue weighted by Gasteiger charge is -2.14. The summed E-state index contributed by atoms with van der Waals surface area (Å²) >= 11 is 0. The fourth-order valence-electron chi connectivity index (χ4n) is 3.32. The number of phenols is 1. The molecule has 38 heavy (non-hydrogen) atoms. The molecule has 5 nitrogen and oxygen atoms in total. The monoisotopic (exact) mass is 512 g/mol. The van der Waals surface area contributed by atoms with E-state index in [1.807, 2.05) is 78.0 Å². The first-order chi connectivity index (χ1) is 18.3. The van der Waals surface area contributed by atoms with E-state index in [-0.39, 0.29) is 5.75 Å². The van der Waals surface area contributed by atoms with Crippen LogP contribution in [-0.2, 0) is 6.42 Å². The zero-order chi connectivity index (χ0) is 29.1. The Labute approximate surface area is 227 Å². The minimum Gasteiger partial charge on any atom is -0.507 e. The summed E-state index contributed by atoms with van der Waals surface area (Å²) in [5, 5.41) is 16.4. The van der Waals surface area contributed by atoms with Crippen LogP contribution in [0.2, 0.25) is 0 Å². The van der Waals surface area contributed by atoms with E-state index in [0.29, 0.717) is 23.4 Å². The van der Waals surface area contributed by atoms with Crippen molar-refractivity contribution in [2.45, 2.75) is 48.0 Å². The van der Waals surface area contributed by atoms with Crippen molar-refractivity contribution in [2.24, 2.45) is 10.4 Å². The second-order valence-electron chi connectivity index (χ2n) is 7.85. The topological polar surface area (TPSA) is 79.1 Å². The molecule has 5 heteroatoms. The Hall–Kier alpha value is -4.38. The van der Waals surface area contributed by atoms with Gasteiger partial charge in [0.25, 0.3) is 0 Å². The lowest BCUT2D eigenvalue weighted by molar-refractivity contribution is 0.465. The predicted molar refractivity (Wildman–Crippen MR) is 165 cm³/mol. The maximum atomic E-state index is 11.5. The van der Waals surface area contributed by atoms with Gasteiger partial charge in [-0.3, -0.25) is 0 Å². The van der Waals surface area contributed by atoms with E-state index in [0.717, 1.165) is 33.4 Å². The van der Waals surface area contributed by atoms with E-state index >= 15 is 0 Å². The Morgan fingerprint density at radius 2 is 1.29 bits per heavy atom. The molecule has 3 rings (SSSR count). The molecule has 0 heterocycles. The number of benzene rings is 3. The fraction of sp³-hybridized carbons (Fsp3) is 0.212. The van der Waals surface area contributed by atoms with Crippen molar-refractivity contribution in [3.63, 3.8) is 0 Å². The van der Waals surface area contributed by atoms with Gasteiger partial charge < -0.3 is 5.11 Å². The molecule has 0 spiro atoms. The standard InChI is InChI=1S/C23H20N2O3.C4H8.C4H6.C2H6/c1-4-5-17-12-18(11-15(3)23(17)26)19-10-14(2)22(25-28)21(13-19)16-6-8-20(24-27)9-7-16;2*1-3-4-2;1-2/h4,6-13,26H,1,5H2,2-3H3;3-4H,1-2H3;3-4H,1-2H2;1-2H3/b;4-3-;;. The molecular weight excluding hydrogens is 472 g/mol. The first-order valence-corrected chi connectivity index (χ1v) is 12.5. The minimum absolute atomic E-state index is 0.267. The summed E-state index contributed by atoms with van der Waals surface area (Å²) in [5.41, 5.74) is 6.28. The van der Waals surface area contributed by atoms with E-state index in [2.05, 4.69) is 30.1 Å². The van der Waals surface area contributed by atoms with Crippen molar-refractivity contribution in [3.8, 4) is 28.0 Å². The molecule has 0 saturated heterocycles. The van der Waals surface area contributed by atoms with E-state index in [9.17, 15) is 14.9 Å². The van der Waals surface area contributed by atoms with Crippen molar-refractivity contribution >= 4 is 11.4 Å². The Morgan fingerprint density at radius 1 is 0.763 bits per heavy atom. The molecule has 0 radical (unpaired) electrons. The van der Waals surface area contributed by atoms with Crippen LogP contribution in [0.15, 0.2) is 109 Å². The van der Waals surface area contributed by atoms with Gasteiger partial charge in [-0.25, -0.2) is 0 Å². The van der Waals surface area contributed by atoms with Crippen LogP contribution in [0.1, 0.15) is 44.4 Å². The van der Waals surface area contributed by atoms with Gasteiger partial charge in [0.1, 0.15) is 17.1 Å². The summed E-state index contributed by atoms with van der Waals surface area (Å²) in [6, 6.07) is 14.3. The van der Waals surface area contributed by atoms with Crippen LogP contribution in [0.25, 0.3) is 22.3 Å². The number of allylic oxidation sites excluding steroid dienone is 5. The number of aryl methyl sites for hydroxylation is 2. The summed E-state index contributed by atoms with van der Waals surface area (Å²) in [7, 11) is 0. The third-order valence-corrected chi connectivity index (χ3v) is 5.25. The van der Waals surface area contributed by atoms with Gasteiger partial charge in [-0.15, -0.1) is 16.4 Å². The van der Waals surface area contributed by atoms with Crippen molar-refractivity contribution in [1.82, 2.24) is 0 Å². The lowest BCUT2D eigenvalue weighted by Crippen LogP contribution is -1.91. The predicted octanol–water partition coefficient (Wildman–Crippen LogP) is 10.8. The van der Waals surface area contributed by atoms with Gasteiger partial charge in [0, 0.05) is 5.56 Å². The molecule has 0 unspecified atom stereocenters. The number of phenolic OH excluding ortho intramolecular Hbond substituents is 1. The van der Waals surface area contributed by atoms with Gasteiger partial charge in [0.15, 0.2) is 0 Å². The number of hydrogen-bond acceptors (Lipinski definition) is 5. The number of nitroso groups, excluding NO2 is 2. The Morgan fingerprint density at radius 3 is 1.74 bits per heavy atom. The Kier molecular flexibility index (Phi) is 16.7. The molecule has 0 bridgehead atoms. The highest BCUT2D eigenvalue weighted by molar-refractivity contribution is 5.84. The molecule has 200 valence electrons. The molecule has 0 atom stereocenters. The van der Waals surface area contributed by atoms with Crippen molar-refractivity contribution in [2.75, 3.05) is 0 Å². The first kappa shape index (κ1) is 33.6. The average molecular weight is 513 g/mol. The Bertz CT molecular complexity index is 1230. The van der Waals surface area contributed by atoms with Crippen LogP contribution in [0.3, 0.4) is 0 Å². The highest BCUT2D eigenvalue weighted by Crippen LogP contribution is 2.39. The second-order valence-corrected chi connectivity index (χ2v) is 7.85. The molecule has 3 aromatic carbocycles. The zero-order valence-electron chi connectivity index (χ0n) is 23.5. The van der Waals surface area contributed by atoms with Crippen LogP contribution in [0.4, 0.5) is 11.4 Å². The summed E-state index contributed by atoms with van der Waals surface area (Å²) in [4.78, 5) is 22.1. The third kappa shape index (κ3) is 9.94. The number of hydrogen-bond donors (Lipinski definition) is 1. The van der Waals surface area contributed by atoms with E-state index < -0.39 is 0 Å². The highest BCUT2D eigenvalue weighted by Gasteiger charge is 2.14. The van der Waals surface area contributed by atoms with E-state index in [1.165, 1.54) is 0 Å². The normalized spacial score (nSPS) is 9.42. The molecule has 0 amide bonds. The van der Waals surface area contributed by atoms with Crippen LogP contribution in [0, 0.1) is 23.7 Å². The van der Waals surface area contributed by atoms with Crippen molar-refractivity contribution < 1.29 is 5.11 Å². The molecule has 0 aliphatic carbocycles. The van der Waals surface area contributed by atoms with Gasteiger partial charge in [-0.1, -0.05) is 69.5 Å². The molecule has 3 aromatic rings. The molecule has 0 saturated carbocycles. The maximum Gasteiger partial charge on any atom is 0.122 e. The fourth-order valence-corrected chi connectivity index (χ4v) is 3.32. The van der Waals surface area contributed by atoms with Crippen LogP contribution in [-0.4, -0.2) is 5.11 Å². The molecule has 1 N–H and O–H groups in total. The average Bonchev–Trinajstić information content (AvgIpc) is 2.96. The van der Waals surface area contributed by atoms with E-state index in [1.54, 1.807) is 42.5 Å². The molecule has 0 aliphatic rings. The minimum atomic E-state index is 0.267. The largest absolute Gasteiger partial charge is 0.507 e. The van der Waals surface area contributed by atoms with Gasteiger partial charge in [0.05, 0.1) is 0 Å². The first-order valence-electron chi connectivity index (χ1n) is 12.5. The van der Waals surface area contributed by atoms with E-state index in [4.69, 9.17) is 0 Å². The van der Waals surface area contributed by atoms with Crippen molar-refractivity contribution in [1.29, 1.82) is 0 Å². The summed E-state index contributed by atoms with van der Waals surface area (Å²) in [5.74, 6) is 0.267. The second kappa shape index (κ2) is 18.8. The van der Waals surface area contributed by atoms with Crippen LogP contribution >= 0.6 is 0 Å². The van der Waals surface area contributed by atoms with Crippen LogP contribution < -0.4 is 0 Å². The highest BCUT2D eigenvalue weighted by atomic mass is 16.3. The molecule has 0 fully saturated rings. The summed E-state index contributed by atoms with van der Waals surface area (Å²) < 4.78 is 0. The molecular formula is C33H40N2O3. The SMILES string of the molecule is C/C=C\C.C=CC=C.C=CCc1cc(-c2cc(C)c(N=O)c(-c3ccc(N=O)cc3)c2)cc(C)c1O.CC.